The van der Waals surface area contributed by atoms with Crippen LogP contribution in [0.1, 0.15) is 43.9 Å². The monoisotopic (exact) mass is 439 g/mol. The Labute approximate surface area is 186 Å². The van der Waals surface area contributed by atoms with E-state index in [1.54, 1.807) is 10.9 Å². The first kappa shape index (κ1) is 20.7. The van der Waals surface area contributed by atoms with E-state index in [0.29, 0.717) is 35.1 Å². The van der Waals surface area contributed by atoms with Gasteiger partial charge in [-0.15, -0.1) is 11.3 Å². The van der Waals surface area contributed by atoms with Gasteiger partial charge in [-0.1, -0.05) is 6.92 Å². The lowest BCUT2D eigenvalue weighted by molar-refractivity contribution is 0.0662. The lowest BCUT2D eigenvalue weighted by Gasteiger charge is -2.36. The summed E-state index contributed by atoms with van der Waals surface area (Å²) in [4.78, 5) is 21.0. The minimum Gasteiger partial charge on any atom is -0.490 e. The van der Waals surface area contributed by atoms with E-state index in [2.05, 4.69) is 16.9 Å². The van der Waals surface area contributed by atoms with Gasteiger partial charge in [-0.2, -0.15) is 0 Å². The van der Waals surface area contributed by atoms with Gasteiger partial charge in [0.25, 0.3) is 5.56 Å². The molecule has 1 N–H and O–H groups in total. The lowest BCUT2D eigenvalue weighted by atomic mass is 10.0. The number of ether oxygens (including phenoxy) is 1. The minimum absolute atomic E-state index is 0.0761. The molecule has 0 spiro atoms. The van der Waals surface area contributed by atoms with Crippen LogP contribution < -0.4 is 10.3 Å². The molecule has 6 nitrogen and oxygen atoms in total. The van der Waals surface area contributed by atoms with Crippen molar-refractivity contribution in [3.8, 4) is 11.4 Å². The number of hydrogen-bond donors (Lipinski definition) is 1. The maximum absolute atomic E-state index is 13.0. The standard InChI is InChI=1S/C24H29N3O3S/c1-3-18(28)12-21-13-22-23(31-21)24(29)27(14-25-22)15-6-8-19(9-7-15)30-20-10-16-4-5-17(11-20)26(16)2/h6-9,13-14,16-18,20,28H,3-5,10-12H2,1-2H3/t16-,17+,18?,20+. The highest BCUT2D eigenvalue weighted by atomic mass is 32.1. The summed E-state index contributed by atoms with van der Waals surface area (Å²) in [5.41, 5.74) is 1.40. The molecule has 7 heteroatoms. The normalized spacial score (nSPS) is 24.5. The fourth-order valence-corrected chi connectivity index (χ4v) is 6.07. The van der Waals surface area contributed by atoms with Crippen molar-refractivity contribution in [3.63, 3.8) is 0 Å². The number of benzene rings is 1. The third-order valence-corrected chi connectivity index (χ3v) is 8.00. The molecule has 1 unspecified atom stereocenters. The smallest absolute Gasteiger partial charge is 0.275 e. The number of aliphatic hydroxyl groups is 1. The first-order valence-corrected chi connectivity index (χ1v) is 12.0. The van der Waals surface area contributed by atoms with Crippen LogP contribution in [0.4, 0.5) is 0 Å². The summed E-state index contributed by atoms with van der Waals surface area (Å²) in [5.74, 6) is 0.853. The third-order valence-electron chi connectivity index (χ3n) is 6.87. The topological polar surface area (TPSA) is 67.6 Å². The molecule has 0 saturated carbocycles. The van der Waals surface area contributed by atoms with E-state index in [0.717, 1.165) is 29.2 Å². The van der Waals surface area contributed by atoms with E-state index in [4.69, 9.17) is 4.74 Å². The second-order valence-corrected chi connectivity index (χ2v) is 10.0. The highest BCUT2D eigenvalue weighted by Gasteiger charge is 2.39. The van der Waals surface area contributed by atoms with Crippen LogP contribution in [0.3, 0.4) is 0 Å². The van der Waals surface area contributed by atoms with Gasteiger partial charge in [-0.05, 0) is 69.5 Å². The molecule has 2 fully saturated rings. The molecule has 2 aliphatic heterocycles. The first-order chi connectivity index (χ1) is 15.0. The molecule has 2 bridgehead atoms. The number of rotatable bonds is 6. The van der Waals surface area contributed by atoms with Crippen molar-refractivity contribution in [2.45, 2.75) is 69.7 Å². The summed E-state index contributed by atoms with van der Waals surface area (Å²) in [6.07, 6.45) is 7.44. The molecular weight excluding hydrogens is 410 g/mol. The average molecular weight is 440 g/mol. The maximum Gasteiger partial charge on any atom is 0.275 e. The van der Waals surface area contributed by atoms with E-state index in [1.165, 1.54) is 24.2 Å². The zero-order valence-electron chi connectivity index (χ0n) is 18.0. The summed E-state index contributed by atoms with van der Waals surface area (Å²) < 4.78 is 8.48. The highest BCUT2D eigenvalue weighted by Crippen LogP contribution is 2.36. The van der Waals surface area contributed by atoms with Crippen LogP contribution in [-0.2, 0) is 6.42 Å². The molecular formula is C24H29N3O3S. The SMILES string of the molecule is CCC(O)Cc1cc2ncn(-c3ccc(O[C@H]4C[C@H]5CC[C@@H](C4)N5C)cc3)c(=O)c2s1. The van der Waals surface area contributed by atoms with Crippen LogP contribution in [0.5, 0.6) is 5.75 Å². The molecule has 2 aromatic heterocycles. The van der Waals surface area contributed by atoms with Crippen LogP contribution in [-0.4, -0.2) is 50.9 Å². The molecule has 0 amide bonds. The van der Waals surface area contributed by atoms with Crippen LogP contribution in [0.15, 0.2) is 41.5 Å². The number of aromatic nitrogens is 2. The number of piperidine rings is 1. The van der Waals surface area contributed by atoms with E-state index in [-0.39, 0.29) is 17.8 Å². The Morgan fingerprint density at radius 2 is 1.94 bits per heavy atom. The van der Waals surface area contributed by atoms with Crippen LogP contribution in [0.2, 0.25) is 0 Å². The van der Waals surface area contributed by atoms with Gasteiger partial charge in [0.15, 0.2) is 0 Å². The zero-order chi connectivity index (χ0) is 21.5. The third kappa shape index (κ3) is 4.02. The number of fused-ring (bicyclic) bond motifs is 3. The van der Waals surface area contributed by atoms with Crippen molar-refractivity contribution >= 4 is 21.6 Å². The van der Waals surface area contributed by atoms with E-state index in [1.807, 2.05) is 37.3 Å². The maximum atomic E-state index is 13.0. The van der Waals surface area contributed by atoms with Gasteiger partial charge in [0.2, 0.25) is 0 Å². The van der Waals surface area contributed by atoms with Crippen molar-refractivity contribution in [1.29, 1.82) is 0 Å². The van der Waals surface area contributed by atoms with Crippen molar-refractivity contribution in [2.75, 3.05) is 7.05 Å². The molecule has 3 aromatic rings. The van der Waals surface area contributed by atoms with E-state index >= 15 is 0 Å². The number of nitrogens with zero attached hydrogens (tertiary/aromatic N) is 3. The zero-order valence-corrected chi connectivity index (χ0v) is 18.8. The minimum atomic E-state index is -0.386. The Kier molecular flexibility index (Phi) is 5.58. The van der Waals surface area contributed by atoms with Crippen LogP contribution in [0, 0.1) is 0 Å². The molecule has 4 atom stereocenters. The van der Waals surface area contributed by atoms with Gasteiger partial charge in [0.1, 0.15) is 22.9 Å². The number of thiophene rings is 1. The Balaban J connectivity index is 1.33. The average Bonchev–Trinajstić information content (AvgIpc) is 3.25. The number of hydrogen-bond acceptors (Lipinski definition) is 6. The summed E-state index contributed by atoms with van der Waals surface area (Å²) in [7, 11) is 2.23. The summed E-state index contributed by atoms with van der Waals surface area (Å²) in [5, 5.41) is 9.92. The van der Waals surface area contributed by atoms with Crippen molar-refractivity contribution in [2.24, 2.45) is 0 Å². The quantitative estimate of drug-likeness (QED) is 0.633. The lowest BCUT2D eigenvalue weighted by Crippen LogP contribution is -2.43. The Hall–Kier alpha value is -2.22. The molecule has 31 heavy (non-hydrogen) atoms. The number of aliphatic hydroxyl groups excluding tert-OH is 1. The second-order valence-electron chi connectivity index (χ2n) is 8.87. The summed E-state index contributed by atoms with van der Waals surface area (Å²) in [6.45, 7) is 1.95. The molecule has 1 aromatic carbocycles. The van der Waals surface area contributed by atoms with Crippen LogP contribution in [0.25, 0.3) is 15.9 Å². The van der Waals surface area contributed by atoms with Gasteiger partial charge < -0.3 is 14.7 Å². The largest absolute Gasteiger partial charge is 0.490 e. The fraction of sp³-hybridized carbons (Fsp3) is 0.500. The van der Waals surface area contributed by atoms with E-state index in [9.17, 15) is 9.90 Å². The molecule has 5 rings (SSSR count). The molecule has 0 radical (unpaired) electrons. The summed E-state index contributed by atoms with van der Waals surface area (Å²) >= 11 is 1.42. The van der Waals surface area contributed by atoms with Crippen LogP contribution >= 0.6 is 11.3 Å². The van der Waals surface area contributed by atoms with Crippen molar-refractivity contribution in [3.05, 3.63) is 51.9 Å². The molecule has 4 heterocycles. The molecule has 164 valence electrons. The van der Waals surface area contributed by atoms with Crippen molar-refractivity contribution < 1.29 is 9.84 Å². The molecule has 2 saturated heterocycles. The predicted molar refractivity (Wildman–Crippen MR) is 123 cm³/mol. The van der Waals surface area contributed by atoms with Gasteiger partial charge in [-0.25, -0.2) is 4.98 Å². The van der Waals surface area contributed by atoms with Gasteiger partial charge in [0.05, 0.1) is 17.3 Å². The van der Waals surface area contributed by atoms with Gasteiger partial charge in [-0.3, -0.25) is 9.36 Å². The Morgan fingerprint density at radius 3 is 2.61 bits per heavy atom. The predicted octanol–water partition coefficient (Wildman–Crippen LogP) is 3.76. The summed E-state index contributed by atoms with van der Waals surface area (Å²) in [6, 6.07) is 10.9. The molecule has 2 aliphatic rings. The van der Waals surface area contributed by atoms with E-state index < -0.39 is 0 Å². The second kappa shape index (κ2) is 8.37. The Morgan fingerprint density at radius 1 is 1.23 bits per heavy atom. The molecule has 0 aliphatic carbocycles. The fourth-order valence-electron chi connectivity index (χ4n) is 4.96. The van der Waals surface area contributed by atoms with Gasteiger partial charge in [0, 0.05) is 23.4 Å². The first-order valence-electron chi connectivity index (χ1n) is 11.2. The van der Waals surface area contributed by atoms with Crippen molar-refractivity contribution in [1.82, 2.24) is 14.5 Å². The Bertz CT molecular complexity index is 1110. The highest BCUT2D eigenvalue weighted by molar-refractivity contribution is 7.18. The van der Waals surface area contributed by atoms with Gasteiger partial charge >= 0.3 is 0 Å².